The van der Waals surface area contributed by atoms with Crippen molar-refractivity contribution in [1.82, 2.24) is 0 Å². The van der Waals surface area contributed by atoms with Gasteiger partial charge in [0.1, 0.15) is 0 Å². The number of fused-ring (bicyclic) bond motifs is 2. The lowest BCUT2D eigenvalue weighted by Crippen LogP contribution is -2.28. The van der Waals surface area contributed by atoms with Crippen molar-refractivity contribution in [2.75, 3.05) is 6.61 Å². The standard InChI is InChI=1S/C21H32O3/c1-14(15-6-8-20(2)13-17(20)11-15)5-4-10-23-19(22)16-7-9-21(3)18(12-16)24-21/h15-18H,1,4-13H2,2-3H3. The molecule has 4 fully saturated rings. The summed E-state index contributed by atoms with van der Waals surface area (Å²) in [4.78, 5) is 12.2. The summed E-state index contributed by atoms with van der Waals surface area (Å²) in [6.45, 7) is 9.47. The third-order valence-electron chi connectivity index (χ3n) is 7.49. The van der Waals surface area contributed by atoms with Gasteiger partial charge in [-0.15, -0.1) is 0 Å². The molecule has 4 rings (SSSR count). The molecule has 0 aromatic rings. The van der Waals surface area contributed by atoms with Gasteiger partial charge >= 0.3 is 5.97 Å². The number of rotatable bonds is 6. The third kappa shape index (κ3) is 3.16. The Morgan fingerprint density at radius 1 is 1.21 bits per heavy atom. The summed E-state index contributed by atoms with van der Waals surface area (Å²) in [6.07, 6.45) is 10.5. The average Bonchev–Trinajstić information content (AvgIpc) is 3.42. The largest absolute Gasteiger partial charge is 0.465 e. The topological polar surface area (TPSA) is 38.8 Å². The molecule has 0 bridgehead atoms. The zero-order valence-corrected chi connectivity index (χ0v) is 15.3. The van der Waals surface area contributed by atoms with Gasteiger partial charge in [-0.2, -0.15) is 0 Å². The van der Waals surface area contributed by atoms with Crippen LogP contribution in [0.2, 0.25) is 0 Å². The Hall–Kier alpha value is -0.830. The first-order valence-electron chi connectivity index (χ1n) is 9.92. The molecule has 3 aliphatic carbocycles. The fourth-order valence-corrected chi connectivity index (χ4v) is 5.17. The minimum absolute atomic E-state index is 0.00965. The molecule has 0 amide bonds. The molecule has 3 saturated carbocycles. The van der Waals surface area contributed by atoms with E-state index in [1.54, 1.807) is 0 Å². The predicted octanol–water partition coefficient (Wildman–Crippen LogP) is 4.65. The molecule has 1 saturated heterocycles. The average molecular weight is 332 g/mol. The number of ether oxygens (including phenoxy) is 2. The normalized spacial score (nSPS) is 45.8. The van der Waals surface area contributed by atoms with Crippen molar-refractivity contribution in [3.05, 3.63) is 12.2 Å². The monoisotopic (exact) mass is 332 g/mol. The van der Waals surface area contributed by atoms with Crippen LogP contribution in [0.1, 0.15) is 71.6 Å². The van der Waals surface area contributed by atoms with E-state index in [0.717, 1.165) is 38.0 Å². The minimum atomic E-state index is -0.00965. The highest BCUT2D eigenvalue weighted by atomic mass is 16.6. The zero-order valence-electron chi connectivity index (χ0n) is 15.3. The molecule has 0 radical (unpaired) electrons. The first-order valence-corrected chi connectivity index (χ1v) is 9.92. The summed E-state index contributed by atoms with van der Waals surface area (Å²) in [5.74, 6) is 1.71. The predicted molar refractivity (Wildman–Crippen MR) is 93.5 cm³/mol. The lowest BCUT2D eigenvalue weighted by Gasteiger charge is -2.27. The Morgan fingerprint density at radius 3 is 2.75 bits per heavy atom. The summed E-state index contributed by atoms with van der Waals surface area (Å²) < 4.78 is 11.2. The Bertz CT molecular complexity index is 493. The van der Waals surface area contributed by atoms with Crippen LogP contribution in [0.3, 0.4) is 0 Å². The summed E-state index contributed by atoms with van der Waals surface area (Å²) in [5.41, 5.74) is 2.14. The van der Waals surface area contributed by atoms with Crippen LogP contribution in [0.5, 0.6) is 0 Å². The van der Waals surface area contributed by atoms with Crippen molar-refractivity contribution in [2.45, 2.75) is 83.3 Å². The summed E-state index contributed by atoms with van der Waals surface area (Å²) in [7, 11) is 0. The number of carbonyl (C=O) groups excluding carboxylic acids is 1. The second kappa shape index (κ2) is 5.86. The van der Waals surface area contributed by atoms with E-state index in [9.17, 15) is 4.79 Å². The van der Waals surface area contributed by atoms with E-state index in [2.05, 4.69) is 20.4 Å². The SMILES string of the molecule is C=C(CCCOC(=O)C1CCC2(C)OC2C1)C1CCC2(C)CC2C1. The lowest BCUT2D eigenvalue weighted by molar-refractivity contribution is -0.149. The molecule has 1 heterocycles. The number of hydrogen-bond donors (Lipinski definition) is 0. The van der Waals surface area contributed by atoms with E-state index in [0.29, 0.717) is 24.0 Å². The highest BCUT2D eigenvalue weighted by molar-refractivity contribution is 5.72. The smallest absolute Gasteiger partial charge is 0.309 e. The Morgan fingerprint density at radius 2 is 2.00 bits per heavy atom. The molecular formula is C21H32O3. The molecule has 0 N–H and O–H groups in total. The third-order valence-corrected chi connectivity index (χ3v) is 7.49. The lowest BCUT2D eigenvalue weighted by atomic mass is 9.78. The van der Waals surface area contributed by atoms with Crippen LogP contribution in [0.4, 0.5) is 0 Å². The van der Waals surface area contributed by atoms with E-state index in [4.69, 9.17) is 9.47 Å². The van der Waals surface area contributed by atoms with Gasteiger partial charge in [0.25, 0.3) is 0 Å². The van der Waals surface area contributed by atoms with Crippen LogP contribution >= 0.6 is 0 Å². The maximum Gasteiger partial charge on any atom is 0.309 e. The second-order valence-electron chi connectivity index (χ2n) is 9.35. The van der Waals surface area contributed by atoms with Crippen molar-refractivity contribution in [3.8, 4) is 0 Å². The molecule has 0 spiro atoms. The van der Waals surface area contributed by atoms with Crippen LogP contribution in [0, 0.1) is 23.2 Å². The van der Waals surface area contributed by atoms with E-state index in [-0.39, 0.29) is 17.5 Å². The molecule has 4 aliphatic rings. The molecule has 6 unspecified atom stereocenters. The van der Waals surface area contributed by atoms with Gasteiger partial charge in [-0.05, 0) is 82.0 Å². The van der Waals surface area contributed by atoms with Crippen LogP contribution in [-0.4, -0.2) is 24.3 Å². The molecule has 134 valence electrons. The number of carbonyl (C=O) groups is 1. The maximum atomic E-state index is 12.2. The molecule has 0 aromatic carbocycles. The van der Waals surface area contributed by atoms with Crippen molar-refractivity contribution in [2.24, 2.45) is 23.2 Å². The van der Waals surface area contributed by atoms with Gasteiger partial charge in [0.05, 0.1) is 24.2 Å². The van der Waals surface area contributed by atoms with E-state index in [1.807, 2.05) is 0 Å². The van der Waals surface area contributed by atoms with Crippen LogP contribution in [-0.2, 0) is 14.3 Å². The van der Waals surface area contributed by atoms with Crippen molar-refractivity contribution >= 4 is 5.97 Å². The molecular weight excluding hydrogens is 300 g/mol. The van der Waals surface area contributed by atoms with Gasteiger partial charge < -0.3 is 9.47 Å². The number of allylic oxidation sites excluding steroid dienone is 1. The number of epoxide rings is 1. The quantitative estimate of drug-likeness (QED) is 0.307. The maximum absolute atomic E-state index is 12.2. The number of hydrogen-bond acceptors (Lipinski definition) is 3. The van der Waals surface area contributed by atoms with Gasteiger partial charge in [-0.3, -0.25) is 4.79 Å². The van der Waals surface area contributed by atoms with E-state index < -0.39 is 0 Å². The van der Waals surface area contributed by atoms with E-state index >= 15 is 0 Å². The van der Waals surface area contributed by atoms with Gasteiger partial charge in [0.15, 0.2) is 0 Å². The first kappa shape index (κ1) is 16.6. The summed E-state index contributed by atoms with van der Waals surface area (Å²) in [6, 6.07) is 0. The molecule has 0 aromatic heterocycles. The molecule has 6 atom stereocenters. The van der Waals surface area contributed by atoms with Crippen LogP contribution < -0.4 is 0 Å². The second-order valence-corrected chi connectivity index (χ2v) is 9.35. The molecule has 3 heteroatoms. The molecule has 24 heavy (non-hydrogen) atoms. The zero-order chi connectivity index (χ0) is 16.9. The van der Waals surface area contributed by atoms with Crippen LogP contribution in [0.15, 0.2) is 12.2 Å². The summed E-state index contributed by atoms with van der Waals surface area (Å²) in [5, 5.41) is 0. The highest BCUT2D eigenvalue weighted by Gasteiger charge is 2.56. The summed E-state index contributed by atoms with van der Waals surface area (Å²) >= 11 is 0. The minimum Gasteiger partial charge on any atom is -0.465 e. The molecule has 1 aliphatic heterocycles. The highest BCUT2D eigenvalue weighted by Crippen LogP contribution is 2.63. The van der Waals surface area contributed by atoms with Crippen molar-refractivity contribution in [1.29, 1.82) is 0 Å². The van der Waals surface area contributed by atoms with Crippen LogP contribution in [0.25, 0.3) is 0 Å². The van der Waals surface area contributed by atoms with Crippen molar-refractivity contribution in [3.63, 3.8) is 0 Å². The van der Waals surface area contributed by atoms with Crippen molar-refractivity contribution < 1.29 is 14.3 Å². The molecule has 3 nitrogen and oxygen atoms in total. The van der Waals surface area contributed by atoms with Gasteiger partial charge in [-0.1, -0.05) is 19.1 Å². The Kier molecular flexibility index (Phi) is 4.06. The van der Waals surface area contributed by atoms with Gasteiger partial charge in [0.2, 0.25) is 0 Å². The first-order chi connectivity index (χ1) is 11.4. The van der Waals surface area contributed by atoms with E-state index in [1.165, 1.54) is 31.3 Å². The fourth-order valence-electron chi connectivity index (χ4n) is 5.17. The fraction of sp³-hybridized carbons (Fsp3) is 0.857. The Balaban J connectivity index is 1.12. The Labute approximate surface area is 146 Å². The van der Waals surface area contributed by atoms with Gasteiger partial charge in [0, 0.05) is 0 Å². The number of esters is 1. The van der Waals surface area contributed by atoms with Gasteiger partial charge in [-0.25, -0.2) is 0 Å².